The predicted octanol–water partition coefficient (Wildman–Crippen LogP) is 2.45. The minimum atomic E-state index is -4.29. The molecule has 0 atom stereocenters. The molecule has 1 aromatic rings. The Bertz CT molecular complexity index is 574. The van der Waals surface area contributed by atoms with E-state index in [2.05, 4.69) is 9.80 Å². The van der Waals surface area contributed by atoms with E-state index in [1.54, 1.807) is 0 Å². The zero-order valence-corrected chi connectivity index (χ0v) is 14.3. The lowest BCUT2D eigenvalue weighted by Gasteiger charge is -2.35. The molecule has 0 radical (unpaired) electrons. The Morgan fingerprint density at radius 3 is 2.04 bits per heavy atom. The van der Waals surface area contributed by atoms with Gasteiger partial charge in [0, 0.05) is 32.7 Å². The SMILES string of the molecule is O=C(CN1CCCC1)N1CCN(Cc2ccc(C(F)(F)F)cc2)CC1. The first-order chi connectivity index (χ1) is 11.9. The van der Waals surface area contributed by atoms with E-state index in [0.717, 1.165) is 43.9 Å². The summed E-state index contributed by atoms with van der Waals surface area (Å²) in [5.74, 6) is 0.191. The number of piperazine rings is 1. The molecule has 2 fully saturated rings. The Balaban J connectivity index is 1.45. The van der Waals surface area contributed by atoms with Gasteiger partial charge >= 0.3 is 6.18 Å². The highest BCUT2D eigenvalue weighted by Crippen LogP contribution is 2.29. The number of rotatable bonds is 4. The number of nitrogens with zero attached hydrogens (tertiary/aromatic N) is 3. The van der Waals surface area contributed by atoms with Crippen LogP contribution in [0.3, 0.4) is 0 Å². The number of halogens is 3. The number of carbonyl (C=O) groups is 1. The molecule has 7 heteroatoms. The van der Waals surface area contributed by atoms with Crippen LogP contribution in [0.4, 0.5) is 13.2 Å². The van der Waals surface area contributed by atoms with E-state index in [4.69, 9.17) is 0 Å². The van der Waals surface area contributed by atoms with Gasteiger partial charge in [-0.3, -0.25) is 14.6 Å². The van der Waals surface area contributed by atoms with Crippen LogP contribution in [0.1, 0.15) is 24.0 Å². The van der Waals surface area contributed by atoms with Crippen molar-refractivity contribution < 1.29 is 18.0 Å². The molecule has 0 N–H and O–H groups in total. The third kappa shape index (κ3) is 4.95. The van der Waals surface area contributed by atoms with Crippen LogP contribution in [0.15, 0.2) is 24.3 Å². The van der Waals surface area contributed by atoms with Crippen LogP contribution in [0.5, 0.6) is 0 Å². The Hall–Kier alpha value is -1.60. The average molecular weight is 355 g/mol. The van der Waals surface area contributed by atoms with Crippen molar-refractivity contribution in [3.8, 4) is 0 Å². The molecule has 138 valence electrons. The molecule has 2 aliphatic heterocycles. The molecule has 1 amide bonds. The van der Waals surface area contributed by atoms with Crippen LogP contribution in [0.2, 0.25) is 0 Å². The summed E-state index contributed by atoms with van der Waals surface area (Å²) in [5.41, 5.74) is 0.249. The van der Waals surface area contributed by atoms with Crippen LogP contribution in [-0.4, -0.2) is 66.4 Å². The summed E-state index contributed by atoms with van der Waals surface area (Å²) in [4.78, 5) is 18.6. The zero-order chi connectivity index (χ0) is 17.9. The van der Waals surface area contributed by atoms with Crippen LogP contribution < -0.4 is 0 Å². The van der Waals surface area contributed by atoms with Gasteiger partial charge in [0.05, 0.1) is 12.1 Å². The summed E-state index contributed by atoms with van der Waals surface area (Å²) >= 11 is 0. The van der Waals surface area contributed by atoms with Crippen LogP contribution in [-0.2, 0) is 17.5 Å². The average Bonchev–Trinajstić information content (AvgIpc) is 3.08. The minimum Gasteiger partial charge on any atom is -0.339 e. The quantitative estimate of drug-likeness (QED) is 0.830. The molecule has 2 heterocycles. The standard InChI is InChI=1S/C18H24F3N3O/c19-18(20,21)16-5-3-15(4-6-16)13-23-9-11-24(12-10-23)17(25)14-22-7-1-2-8-22/h3-6H,1-2,7-14H2. The Kier molecular flexibility index (Phi) is 5.64. The number of hydrogen-bond donors (Lipinski definition) is 0. The van der Waals surface area contributed by atoms with E-state index >= 15 is 0 Å². The summed E-state index contributed by atoms with van der Waals surface area (Å²) in [7, 11) is 0. The van der Waals surface area contributed by atoms with E-state index in [0.29, 0.717) is 26.2 Å². The van der Waals surface area contributed by atoms with Crippen molar-refractivity contribution in [1.82, 2.24) is 14.7 Å². The predicted molar refractivity (Wildman–Crippen MR) is 89.0 cm³/mol. The molecule has 4 nitrogen and oxygen atoms in total. The topological polar surface area (TPSA) is 26.8 Å². The summed E-state index contributed by atoms with van der Waals surface area (Å²) in [5, 5.41) is 0. The maximum absolute atomic E-state index is 12.6. The molecule has 0 aromatic heterocycles. The highest BCUT2D eigenvalue weighted by Gasteiger charge is 2.30. The van der Waals surface area contributed by atoms with Gasteiger partial charge < -0.3 is 4.90 Å². The molecular formula is C18H24F3N3O. The van der Waals surface area contributed by atoms with Gasteiger partial charge in [0.15, 0.2) is 0 Å². The Labute approximate surface area is 146 Å². The molecule has 0 unspecified atom stereocenters. The van der Waals surface area contributed by atoms with Gasteiger partial charge in [-0.25, -0.2) is 0 Å². The lowest BCUT2D eigenvalue weighted by molar-refractivity contribution is -0.137. The number of alkyl halides is 3. The summed E-state index contributed by atoms with van der Waals surface area (Å²) in [6, 6.07) is 5.33. The Morgan fingerprint density at radius 1 is 0.880 bits per heavy atom. The second kappa shape index (κ2) is 7.74. The van der Waals surface area contributed by atoms with Crippen molar-refractivity contribution in [2.75, 3.05) is 45.8 Å². The normalized spacial score (nSPS) is 20.2. The van der Waals surface area contributed by atoms with Gasteiger partial charge in [-0.1, -0.05) is 12.1 Å². The monoisotopic (exact) mass is 355 g/mol. The molecule has 0 aliphatic carbocycles. The van der Waals surface area contributed by atoms with E-state index in [1.807, 2.05) is 4.90 Å². The molecular weight excluding hydrogens is 331 g/mol. The van der Waals surface area contributed by atoms with Crippen molar-refractivity contribution in [2.45, 2.75) is 25.6 Å². The van der Waals surface area contributed by atoms with Gasteiger partial charge in [-0.05, 0) is 43.6 Å². The lowest BCUT2D eigenvalue weighted by atomic mass is 10.1. The van der Waals surface area contributed by atoms with E-state index in [-0.39, 0.29) is 5.91 Å². The highest BCUT2D eigenvalue weighted by atomic mass is 19.4. The third-order valence-electron chi connectivity index (χ3n) is 4.97. The zero-order valence-electron chi connectivity index (χ0n) is 14.3. The van der Waals surface area contributed by atoms with Crippen LogP contribution >= 0.6 is 0 Å². The number of likely N-dealkylation sites (tertiary alicyclic amines) is 1. The first-order valence-electron chi connectivity index (χ1n) is 8.80. The summed E-state index contributed by atoms with van der Waals surface area (Å²) in [6.45, 7) is 6.05. The first-order valence-corrected chi connectivity index (χ1v) is 8.80. The molecule has 0 saturated carbocycles. The van der Waals surface area contributed by atoms with E-state index < -0.39 is 11.7 Å². The van der Waals surface area contributed by atoms with Gasteiger partial charge in [-0.15, -0.1) is 0 Å². The number of benzene rings is 1. The van der Waals surface area contributed by atoms with Gasteiger partial charge in [0.25, 0.3) is 0 Å². The van der Waals surface area contributed by atoms with Crippen LogP contribution in [0.25, 0.3) is 0 Å². The van der Waals surface area contributed by atoms with E-state index in [1.165, 1.54) is 25.0 Å². The minimum absolute atomic E-state index is 0.191. The van der Waals surface area contributed by atoms with Gasteiger partial charge in [0.2, 0.25) is 5.91 Å². The molecule has 0 bridgehead atoms. The van der Waals surface area contributed by atoms with E-state index in [9.17, 15) is 18.0 Å². The molecule has 1 aromatic carbocycles. The Morgan fingerprint density at radius 2 is 1.48 bits per heavy atom. The second-order valence-electron chi connectivity index (χ2n) is 6.83. The second-order valence-corrected chi connectivity index (χ2v) is 6.83. The van der Waals surface area contributed by atoms with Crippen molar-refractivity contribution >= 4 is 5.91 Å². The maximum Gasteiger partial charge on any atom is 0.416 e. The van der Waals surface area contributed by atoms with Gasteiger partial charge in [0.1, 0.15) is 0 Å². The van der Waals surface area contributed by atoms with Crippen molar-refractivity contribution in [2.24, 2.45) is 0 Å². The fourth-order valence-electron chi connectivity index (χ4n) is 3.44. The lowest BCUT2D eigenvalue weighted by Crippen LogP contribution is -2.50. The summed E-state index contributed by atoms with van der Waals surface area (Å²) in [6.07, 6.45) is -1.94. The number of hydrogen-bond acceptors (Lipinski definition) is 3. The third-order valence-corrected chi connectivity index (χ3v) is 4.97. The number of carbonyl (C=O) groups excluding carboxylic acids is 1. The van der Waals surface area contributed by atoms with Crippen molar-refractivity contribution in [3.63, 3.8) is 0 Å². The fraction of sp³-hybridized carbons (Fsp3) is 0.611. The number of amides is 1. The highest BCUT2D eigenvalue weighted by molar-refractivity contribution is 5.78. The fourth-order valence-corrected chi connectivity index (χ4v) is 3.44. The largest absolute Gasteiger partial charge is 0.416 e. The molecule has 25 heavy (non-hydrogen) atoms. The molecule has 2 saturated heterocycles. The molecule has 3 rings (SSSR count). The van der Waals surface area contributed by atoms with Crippen LogP contribution in [0, 0.1) is 0 Å². The first kappa shape index (κ1) is 18.2. The van der Waals surface area contributed by atoms with Gasteiger partial charge in [-0.2, -0.15) is 13.2 Å². The smallest absolute Gasteiger partial charge is 0.339 e. The van der Waals surface area contributed by atoms with Crippen molar-refractivity contribution in [1.29, 1.82) is 0 Å². The summed E-state index contributed by atoms with van der Waals surface area (Å²) < 4.78 is 37.8. The van der Waals surface area contributed by atoms with Crippen molar-refractivity contribution in [3.05, 3.63) is 35.4 Å². The maximum atomic E-state index is 12.6. The molecule has 2 aliphatic rings. The molecule has 0 spiro atoms.